The van der Waals surface area contributed by atoms with Gasteiger partial charge in [-0.25, -0.2) is 0 Å². The van der Waals surface area contributed by atoms with Crippen molar-refractivity contribution in [2.24, 2.45) is 5.92 Å². The summed E-state index contributed by atoms with van der Waals surface area (Å²) in [7, 11) is 0. The van der Waals surface area contributed by atoms with Crippen molar-refractivity contribution < 1.29 is 5.11 Å². The molecule has 0 heterocycles. The first-order chi connectivity index (χ1) is 5.16. The average molecular weight is 153 g/mol. The fourth-order valence-electron chi connectivity index (χ4n) is 1.61. The fraction of sp³-hybridized carbons (Fsp3) is 0.889. The van der Waals surface area contributed by atoms with E-state index in [1.807, 2.05) is 6.07 Å². The number of nitrogens with zero attached hydrogens (tertiary/aromatic N) is 1. The molecule has 1 rings (SSSR count). The molecule has 11 heavy (non-hydrogen) atoms. The zero-order valence-corrected chi connectivity index (χ0v) is 7.01. The van der Waals surface area contributed by atoms with Gasteiger partial charge in [0.2, 0.25) is 0 Å². The van der Waals surface area contributed by atoms with Crippen molar-refractivity contribution in [3.8, 4) is 6.07 Å². The Morgan fingerprint density at radius 3 is 2.82 bits per heavy atom. The van der Waals surface area contributed by atoms with Crippen LogP contribution in [0.3, 0.4) is 0 Å². The minimum atomic E-state index is -1.01. The van der Waals surface area contributed by atoms with Crippen LogP contribution < -0.4 is 0 Å². The van der Waals surface area contributed by atoms with Gasteiger partial charge in [-0.05, 0) is 31.6 Å². The highest BCUT2D eigenvalue weighted by Crippen LogP contribution is 2.29. The normalized spacial score (nSPS) is 39.2. The van der Waals surface area contributed by atoms with Crippen molar-refractivity contribution in [3.63, 3.8) is 0 Å². The van der Waals surface area contributed by atoms with E-state index in [2.05, 4.69) is 6.92 Å². The quantitative estimate of drug-likeness (QED) is 0.426. The molecule has 0 radical (unpaired) electrons. The minimum absolute atomic E-state index is 0.657. The van der Waals surface area contributed by atoms with E-state index >= 15 is 0 Å². The first-order valence-corrected chi connectivity index (χ1v) is 4.30. The molecule has 1 aliphatic carbocycles. The van der Waals surface area contributed by atoms with E-state index in [1.54, 1.807) is 0 Å². The van der Waals surface area contributed by atoms with Gasteiger partial charge in [0.05, 0.1) is 6.07 Å². The number of rotatable bonds is 0. The van der Waals surface area contributed by atoms with Crippen molar-refractivity contribution in [3.05, 3.63) is 0 Å². The number of aliphatic hydroxyl groups is 1. The van der Waals surface area contributed by atoms with Crippen LogP contribution in [0.4, 0.5) is 0 Å². The van der Waals surface area contributed by atoms with E-state index in [4.69, 9.17) is 5.26 Å². The first-order valence-electron chi connectivity index (χ1n) is 4.30. The van der Waals surface area contributed by atoms with E-state index in [1.165, 1.54) is 0 Å². The Kier molecular flexibility index (Phi) is 2.51. The summed E-state index contributed by atoms with van der Waals surface area (Å²) in [5.74, 6) is 0.678. The van der Waals surface area contributed by atoms with Crippen LogP contribution in [0.2, 0.25) is 0 Å². The molecule has 62 valence electrons. The summed E-state index contributed by atoms with van der Waals surface area (Å²) in [6.45, 7) is 2.18. The Hall–Kier alpha value is -0.550. The highest BCUT2D eigenvalue weighted by Gasteiger charge is 2.29. The van der Waals surface area contributed by atoms with Gasteiger partial charge in [0.15, 0.2) is 5.60 Å². The summed E-state index contributed by atoms with van der Waals surface area (Å²) >= 11 is 0. The second-order valence-corrected chi connectivity index (χ2v) is 3.68. The van der Waals surface area contributed by atoms with Crippen molar-refractivity contribution in [1.82, 2.24) is 0 Å². The highest BCUT2D eigenvalue weighted by atomic mass is 16.3. The molecule has 2 heteroatoms. The van der Waals surface area contributed by atoms with Gasteiger partial charge < -0.3 is 5.11 Å². The Morgan fingerprint density at radius 2 is 2.18 bits per heavy atom. The van der Waals surface area contributed by atoms with Gasteiger partial charge in [-0.3, -0.25) is 0 Å². The molecular weight excluding hydrogens is 138 g/mol. The topological polar surface area (TPSA) is 44.0 Å². The molecule has 0 aromatic heterocycles. The summed E-state index contributed by atoms with van der Waals surface area (Å²) in [6, 6.07) is 2.00. The summed E-state index contributed by atoms with van der Waals surface area (Å²) < 4.78 is 0. The molecule has 2 unspecified atom stereocenters. The molecule has 2 nitrogen and oxygen atoms in total. The van der Waals surface area contributed by atoms with Crippen LogP contribution in [-0.4, -0.2) is 10.7 Å². The predicted octanol–water partition coefficient (Wildman–Crippen LogP) is 1.84. The van der Waals surface area contributed by atoms with Crippen LogP contribution >= 0.6 is 0 Å². The predicted molar refractivity (Wildman–Crippen MR) is 42.8 cm³/mol. The molecule has 1 N–H and O–H groups in total. The molecular formula is C9H15NO. The van der Waals surface area contributed by atoms with Gasteiger partial charge in [0, 0.05) is 0 Å². The van der Waals surface area contributed by atoms with Gasteiger partial charge in [-0.2, -0.15) is 5.26 Å². The molecule has 1 aliphatic rings. The maximum absolute atomic E-state index is 9.62. The number of hydrogen-bond donors (Lipinski definition) is 1. The molecule has 0 bridgehead atoms. The lowest BCUT2D eigenvalue weighted by Gasteiger charge is -2.16. The Bertz CT molecular complexity index is 173. The fourth-order valence-corrected chi connectivity index (χ4v) is 1.61. The minimum Gasteiger partial charge on any atom is -0.375 e. The summed E-state index contributed by atoms with van der Waals surface area (Å²) in [5.41, 5.74) is -1.01. The maximum atomic E-state index is 9.62. The van der Waals surface area contributed by atoms with Gasteiger partial charge in [0.25, 0.3) is 0 Å². The summed E-state index contributed by atoms with van der Waals surface area (Å²) in [5, 5.41) is 18.3. The standard InChI is InChI=1S/C9H15NO/c1-8-3-2-5-9(11,7-10)6-4-8/h8,11H,2-6H2,1H3. The molecule has 0 saturated heterocycles. The molecule has 0 aromatic carbocycles. The highest BCUT2D eigenvalue weighted by molar-refractivity contribution is 5.00. The third-order valence-corrected chi connectivity index (χ3v) is 2.55. The number of hydrogen-bond acceptors (Lipinski definition) is 2. The maximum Gasteiger partial charge on any atom is 0.151 e. The monoisotopic (exact) mass is 153 g/mol. The Balaban J connectivity index is 2.54. The largest absolute Gasteiger partial charge is 0.375 e. The summed E-state index contributed by atoms with van der Waals surface area (Å²) in [6.07, 6.45) is 4.46. The van der Waals surface area contributed by atoms with Gasteiger partial charge in [-0.15, -0.1) is 0 Å². The van der Waals surface area contributed by atoms with E-state index in [-0.39, 0.29) is 0 Å². The van der Waals surface area contributed by atoms with Crippen molar-refractivity contribution in [2.45, 2.75) is 44.6 Å². The SMILES string of the molecule is CC1CCCC(O)(C#N)CC1. The zero-order valence-electron chi connectivity index (χ0n) is 7.01. The lowest BCUT2D eigenvalue weighted by Crippen LogP contribution is -2.24. The van der Waals surface area contributed by atoms with E-state index in [0.29, 0.717) is 18.8 Å². The van der Waals surface area contributed by atoms with Gasteiger partial charge in [0.1, 0.15) is 0 Å². The Labute approximate surface area is 67.8 Å². The van der Waals surface area contributed by atoms with Crippen LogP contribution in [0.5, 0.6) is 0 Å². The molecule has 2 atom stereocenters. The van der Waals surface area contributed by atoms with Crippen LogP contribution in [0, 0.1) is 17.2 Å². The van der Waals surface area contributed by atoms with Crippen LogP contribution in [-0.2, 0) is 0 Å². The van der Waals surface area contributed by atoms with Crippen LogP contribution in [0.25, 0.3) is 0 Å². The molecule has 0 aliphatic heterocycles. The third kappa shape index (κ3) is 2.20. The van der Waals surface area contributed by atoms with E-state index < -0.39 is 5.60 Å². The molecule has 0 amide bonds. The van der Waals surface area contributed by atoms with Crippen LogP contribution in [0.1, 0.15) is 39.0 Å². The molecule has 1 fully saturated rings. The van der Waals surface area contributed by atoms with Crippen molar-refractivity contribution in [1.29, 1.82) is 5.26 Å². The summed E-state index contributed by atoms with van der Waals surface area (Å²) in [4.78, 5) is 0. The smallest absolute Gasteiger partial charge is 0.151 e. The van der Waals surface area contributed by atoms with Gasteiger partial charge >= 0.3 is 0 Å². The van der Waals surface area contributed by atoms with Crippen molar-refractivity contribution in [2.75, 3.05) is 0 Å². The molecule has 1 saturated carbocycles. The second-order valence-electron chi connectivity index (χ2n) is 3.68. The molecule has 0 spiro atoms. The zero-order chi connectivity index (χ0) is 8.32. The molecule has 0 aromatic rings. The average Bonchev–Trinajstić information content (AvgIpc) is 2.15. The number of nitriles is 1. The second kappa shape index (κ2) is 3.23. The van der Waals surface area contributed by atoms with E-state index in [9.17, 15) is 5.11 Å². The lowest BCUT2D eigenvalue weighted by atomic mass is 9.96. The van der Waals surface area contributed by atoms with Crippen molar-refractivity contribution >= 4 is 0 Å². The van der Waals surface area contributed by atoms with Gasteiger partial charge in [-0.1, -0.05) is 13.3 Å². The van der Waals surface area contributed by atoms with Crippen LogP contribution in [0.15, 0.2) is 0 Å². The van der Waals surface area contributed by atoms with E-state index in [0.717, 1.165) is 19.3 Å². The lowest BCUT2D eigenvalue weighted by molar-refractivity contribution is 0.0816. The Morgan fingerprint density at radius 1 is 1.45 bits per heavy atom. The third-order valence-electron chi connectivity index (χ3n) is 2.55. The first kappa shape index (κ1) is 8.55.